The lowest BCUT2D eigenvalue weighted by atomic mass is 10.3. The number of β-amino-alcohol motifs (C(OH)–C–C–N with tert-alkyl or cyclic N) is 1. The number of alkyl halides is 2. The van der Waals surface area contributed by atoms with E-state index >= 15 is 0 Å². The molecule has 0 radical (unpaired) electrons. The molecular formula is C6H11F2NO4S. The highest BCUT2D eigenvalue weighted by Gasteiger charge is 2.41. The van der Waals surface area contributed by atoms with Crippen LogP contribution in [0.2, 0.25) is 0 Å². The summed E-state index contributed by atoms with van der Waals surface area (Å²) in [5, 5.41) is 9.23. The first-order chi connectivity index (χ1) is 6.39. The third kappa shape index (κ3) is 2.02. The van der Waals surface area contributed by atoms with Gasteiger partial charge < -0.3 is 9.84 Å². The highest BCUT2D eigenvalue weighted by atomic mass is 32.2. The molecule has 0 aromatic carbocycles. The van der Waals surface area contributed by atoms with Gasteiger partial charge in [0.2, 0.25) is 0 Å². The Labute approximate surface area is 80.3 Å². The van der Waals surface area contributed by atoms with E-state index in [-0.39, 0.29) is 13.1 Å². The monoisotopic (exact) mass is 231 g/mol. The van der Waals surface area contributed by atoms with Gasteiger partial charge in [-0.25, -0.2) is 8.42 Å². The van der Waals surface area contributed by atoms with E-state index in [1.54, 1.807) is 0 Å². The zero-order valence-electron chi connectivity index (χ0n) is 7.43. The van der Waals surface area contributed by atoms with Gasteiger partial charge in [-0.1, -0.05) is 0 Å². The van der Waals surface area contributed by atoms with Crippen LogP contribution in [0.5, 0.6) is 0 Å². The average molecular weight is 231 g/mol. The highest BCUT2D eigenvalue weighted by Crippen LogP contribution is 2.20. The highest BCUT2D eigenvalue weighted by molar-refractivity contribution is 7.89. The van der Waals surface area contributed by atoms with Gasteiger partial charge in [-0.2, -0.15) is 13.1 Å². The molecule has 0 aromatic rings. The van der Waals surface area contributed by atoms with Crippen molar-refractivity contribution in [3.8, 4) is 0 Å². The fraction of sp³-hybridized carbons (Fsp3) is 1.00. The summed E-state index contributed by atoms with van der Waals surface area (Å²) in [6.45, 7) is -0.574. The Bertz CT molecular complexity index is 294. The SMILES string of the molecule is CO[C@@H]1CN(S(=O)(=O)C(F)F)C[C@H]1O. The molecule has 8 heteroatoms. The first-order valence-electron chi connectivity index (χ1n) is 3.87. The van der Waals surface area contributed by atoms with Crippen molar-refractivity contribution in [1.29, 1.82) is 0 Å². The van der Waals surface area contributed by atoms with Crippen molar-refractivity contribution in [1.82, 2.24) is 4.31 Å². The van der Waals surface area contributed by atoms with Crippen LogP contribution in [0, 0.1) is 0 Å². The van der Waals surface area contributed by atoms with E-state index in [9.17, 15) is 22.3 Å². The summed E-state index contributed by atoms with van der Waals surface area (Å²) in [6, 6.07) is 0. The Morgan fingerprint density at radius 3 is 2.43 bits per heavy atom. The lowest BCUT2D eigenvalue weighted by Crippen LogP contribution is -2.34. The van der Waals surface area contributed by atoms with E-state index in [1.165, 1.54) is 7.11 Å². The number of ether oxygens (including phenoxy) is 1. The van der Waals surface area contributed by atoms with Gasteiger partial charge in [-0.05, 0) is 0 Å². The van der Waals surface area contributed by atoms with E-state index in [0.717, 1.165) is 0 Å². The van der Waals surface area contributed by atoms with Crippen molar-refractivity contribution in [2.24, 2.45) is 0 Å². The second kappa shape index (κ2) is 4.05. The van der Waals surface area contributed by atoms with E-state index in [2.05, 4.69) is 0 Å². The van der Waals surface area contributed by atoms with Crippen LogP contribution in [0.15, 0.2) is 0 Å². The Kier molecular flexibility index (Phi) is 3.40. The maximum atomic E-state index is 12.1. The van der Waals surface area contributed by atoms with Crippen molar-refractivity contribution in [3.05, 3.63) is 0 Å². The zero-order chi connectivity index (χ0) is 10.9. The number of sulfonamides is 1. The Morgan fingerprint density at radius 1 is 1.50 bits per heavy atom. The molecule has 14 heavy (non-hydrogen) atoms. The van der Waals surface area contributed by atoms with Crippen LogP contribution >= 0.6 is 0 Å². The Hall–Kier alpha value is -0.310. The first kappa shape index (κ1) is 11.8. The topological polar surface area (TPSA) is 66.8 Å². The van der Waals surface area contributed by atoms with Crippen LogP contribution in [-0.2, 0) is 14.8 Å². The first-order valence-corrected chi connectivity index (χ1v) is 5.38. The van der Waals surface area contributed by atoms with Crippen LogP contribution < -0.4 is 0 Å². The van der Waals surface area contributed by atoms with E-state index in [1.807, 2.05) is 0 Å². The minimum Gasteiger partial charge on any atom is -0.389 e. The third-order valence-electron chi connectivity index (χ3n) is 2.09. The molecule has 1 rings (SSSR count). The van der Waals surface area contributed by atoms with Gasteiger partial charge in [0.25, 0.3) is 10.0 Å². The second-order valence-corrected chi connectivity index (χ2v) is 4.87. The predicted molar refractivity (Wildman–Crippen MR) is 43.3 cm³/mol. The second-order valence-electron chi connectivity index (χ2n) is 2.96. The van der Waals surface area contributed by atoms with Crippen molar-refractivity contribution < 1.29 is 27.0 Å². The standard InChI is InChI=1S/C6H11F2NO4S/c1-13-5-3-9(2-4(5)10)14(11,12)6(7)8/h4-6,10H,2-3H2,1H3/t4-,5-/m1/s1. The third-order valence-corrected chi connectivity index (χ3v) is 3.56. The minimum atomic E-state index is -4.59. The molecule has 1 fully saturated rings. The van der Waals surface area contributed by atoms with E-state index < -0.39 is 28.0 Å². The van der Waals surface area contributed by atoms with Gasteiger partial charge in [0, 0.05) is 20.2 Å². The van der Waals surface area contributed by atoms with Crippen LogP contribution in [0.1, 0.15) is 0 Å². The molecule has 1 aliphatic heterocycles. The normalized spacial score (nSPS) is 30.1. The van der Waals surface area contributed by atoms with Crippen LogP contribution in [0.4, 0.5) is 8.78 Å². The van der Waals surface area contributed by atoms with Crippen molar-refractivity contribution in [2.45, 2.75) is 18.0 Å². The van der Waals surface area contributed by atoms with Gasteiger partial charge in [-0.15, -0.1) is 0 Å². The van der Waals surface area contributed by atoms with Crippen molar-refractivity contribution in [2.75, 3.05) is 20.2 Å². The predicted octanol–water partition coefficient (Wildman–Crippen LogP) is -0.770. The number of halogens is 2. The maximum absolute atomic E-state index is 12.1. The number of hydrogen-bond donors (Lipinski definition) is 1. The molecule has 5 nitrogen and oxygen atoms in total. The number of aliphatic hydroxyl groups excluding tert-OH is 1. The molecule has 0 aliphatic carbocycles. The fourth-order valence-corrected chi connectivity index (χ4v) is 2.22. The summed E-state index contributed by atoms with van der Waals surface area (Å²) >= 11 is 0. The summed E-state index contributed by atoms with van der Waals surface area (Å²) in [4.78, 5) is 0. The van der Waals surface area contributed by atoms with Crippen molar-refractivity contribution in [3.63, 3.8) is 0 Å². The number of methoxy groups -OCH3 is 1. The number of hydrogen-bond acceptors (Lipinski definition) is 4. The Balaban J connectivity index is 2.75. The van der Waals surface area contributed by atoms with Gasteiger partial charge in [0.15, 0.2) is 0 Å². The minimum absolute atomic E-state index is 0.232. The Morgan fingerprint density at radius 2 is 2.07 bits per heavy atom. The smallest absolute Gasteiger partial charge is 0.350 e. The number of nitrogens with zero attached hydrogens (tertiary/aromatic N) is 1. The molecule has 0 saturated carbocycles. The molecule has 0 spiro atoms. The van der Waals surface area contributed by atoms with Gasteiger partial charge in [0.1, 0.15) is 0 Å². The molecule has 0 aromatic heterocycles. The molecule has 84 valence electrons. The summed E-state index contributed by atoms with van der Waals surface area (Å²) in [5.41, 5.74) is 0. The fourth-order valence-electron chi connectivity index (χ4n) is 1.28. The van der Waals surface area contributed by atoms with Gasteiger partial charge in [0.05, 0.1) is 12.2 Å². The summed E-state index contributed by atoms with van der Waals surface area (Å²) < 4.78 is 51.3. The lowest BCUT2D eigenvalue weighted by molar-refractivity contribution is 0.0216. The average Bonchev–Trinajstić information content (AvgIpc) is 2.47. The van der Waals surface area contributed by atoms with Gasteiger partial charge >= 0.3 is 5.76 Å². The molecule has 1 heterocycles. The van der Waals surface area contributed by atoms with Crippen LogP contribution in [0.25, 0.3) is 0 Å². The molecule has 1 aliphatic rings. The van der Waals surface area contributed by atoms with E-state index in [0.29, 0.717) is 4.31 Å². The lowest BCUT2D eigenvalue weighted by Gasteiger charge is -2.14. The summed E-state index contributed by atoms with van der Waals surface area (Å²) in [6.07, 6.45) is -1.78. The summed E-state index contributed by atoms with van der Waals surface area (Å²) in [5.74, 6) is -3.45. The van der Waals surface area contributed by atoms with Gasteiger partial charge in [-0.3, -0.25) is 0 Å². The van der Waals surface area contributed by atoms with E-state index in [4.69, 9.17) is 4.74 Å². The van der Waals surface area contributed by atoms with Crippen LogP contribution in [0.3, 0.4) is 0 Å². The maximum Gasteiger partial charge on any atom is 0.350 e. The van der Waals surface area contributed by atoms with Crippen LogP contribution in [-0.4, -0.2) is 56.0 Å². The number of rotatable bonds is 3. The number of aliphatic hydroxyl groups is 1. The van der Waals surface area contributed by atoms with Crippen molar-refractivity contribution >= 4 is 10.0 Å². The molecular weight excluding hydrogens is 220 g/mol. The molecule has 0 bridgehead atoms. The zero-order valence-corrected chi connectivity index (χ0v) is 8.25. The molecule has 2 atom stereocenters. The molecule has 0 amide bonds. The molecule has 0 unspecified atom stereocenters. The molecule has 1 N–H and O–H groups in total. The largest absolute Gasteiger partial charge is 0.389 e. The summed E-state index contributed by atoms with van der Waals surface area (Å²) in [7, 11) is -3.31. The quantitative estimate of drug-likeness (QED) is 0.692. The molecule has 1 saturated heterocycles.